The molecule has 0 heterocycles. The van der Waals surface area contributed by atoms with Crippen molar-refractivity contribution in [3.8, 4) is 0 Å². The molecule has 0 spiro atoms. The minimum atomic E-state index is -3.72. The Morgan fingerprint density at radius 2 is 1.81 bits per heavy atom. The lowest BCUT2D eigenvalue weighted by Gasteiger charge is -2.22. The number of hydrogen-bond acceptors (Lipinski definition) is 4. The highest BCUT2D eigenvalue weighted by Gasteiger charge is 2.21. The van der Waals surface area contributed by atoms with Gasteiger partial charge in [-0.2, -0.15) is 0 Å². The third kappa shape index (κ3) is 5.88. The van der Waals surface area contributed by atoms with Crippen LogP contribution < -0.4 is 9.62 Å². The molecule has 0 bridgehead atoms. The minimum Gasteiger partial charge on any atom is -0.380 e. The van der Waals surface area contributed by atoms with E-state index in [-0.39, 0.29) is 15.7 Å². The van der Waals surface area contributed by atoms with Gasteiger partial charge in [-0.25, -0.2) is 8.42 Å². The maximum atomic E-state index is 12.4. The van der Waals surface area contributed by atoms with Crippen LogP contribution in [0.3, 0.4) is 0 Å². The maximum Gasteiger partial charge on any atom is 0.245 e. The average Bonchev–Trinajstić information content (AvgIpc) is 2.51. The van der Waals surface area contributed by atoms with E-state index >= 15 is 0 Å². The van der Waals surface area contributed by atoms with Gasteiger partial charge in [0.1, 0.15) is 6.54 Å². The van der Waals surface area contributed by atoms with E-state index in [2.05, 4.69) is 5.32 Å². The van der Waals surface area contributed by atoms with Gasteiger partial charge in [0, 0.05) is 22.8 Å². The summed E-state index contributed by atoms with van der Waals surface area (Å²) in [7, 11) is -2.15. The molecule has 1 N–H and O–H groups in total. The molecule has 0 saturated heterocycles. The Morgan fingerprint density at radius 3 is 2.38 bits per heavy atom. The second-order valence-electron chi connectivity index (χ2n) is 5.58. The SMILES string of the molecule is COCc1cccc(NC(=O)CN(c2cc(Cl)cc(Cl)c2)S(C)(=O)=O)c1. The van der Waals surface area contributed by atoms with E-state index in [1.54, 1.807) is 25.3 Å². The summed E-state index contributed by atoms with van der Waals surface area (Å²) in [6, 6.07) is 11.4. The van der Waals surface area contributed by atoms with Crippen molar-refractivity contribution in [1.82, 2.24) is 0 Å². The first kappa shape index (κ1) is 20.5. The molecule has 0 fully saturated rings. The molecule has 0 saturated carbocycles. The van der Waals surface area contributed by atoms with Crippen LogP contribution in [0, 0.1) is 0 Å². The summed E-state index contributed by atoms with van der Waals surface area (Å²) in [5.41, 5.74) is 1.64. The quantitative estimate of drug-likeness (QED) is 0.748. The number of ether oxygens (including phenoxy) is 1. The summed E-state index contributed by atoms with van der Waals surface area (Å²) in [6.07, 6.45) is 1.01. The fourth-order valence-corrected chi connectivity index (χ4v) is 3.67. The zero-order valence-electron chi connectivity index (χ0n) is 14.2. The number of nitrogens with zero attached hydrogens (tertiary/aromatic N) is 1. The Kier molecular flexibility index (Phi) is 6.88. The number of carbonyl (C=O) groups is 1. The van der Waals surface area contributed by atoms with Gasteiger partial charge < -0.3 is 10.1 Å². The second-order valence-corrected chi connectivity index (χ2v) is 8.36. The van der Waals surface area contributed by atoms with Crippen molar-refractivity contribution in [3.63, 3.8) is 0 Å². The van der Waals surface area contributed by atoms with Crippen LogP contribution in [-0.4, -0.2) is 34.2 Å². The molecule has 0 aliphatic carbocycles. The normalized spacial score (nSPS) is 11.2. The summed E-state index contributed by atoms with van der Waals surface area (Å²) in [4.78, 5) is 12.4. The Bertz CT molecular complexity index is 883. The highest BCUT2D eigenvalue weighted by Crippen LogP contribution is 2.27. The van der Waals surface area contributed by atoms with Crippen molar-refractivity contribution in [2.45, 2.75) is 6.61 Å². The number of hydrogen-bond donors (Lipinski definition) is 1. The number of carbonyl (C=O) groups excluding carboxylic acids is 1. The van der Waals surface area contributed by atoms with Gasteiger partial charge in [-0.15, -0.1) is 0 Å². The molecule has 2 aromatic rings. The van der Waals surface area contributed by atoms with Crippen molar-refractivity contribution < 1.29 is 17.9 Å². The van der Waals surface area contributed by atoms with Gasteiger partial charge in [-0.05, 0) is 35.9 Å². The summed E-state index contributed by atoms with van der Waals surface area (Å²) < 4.78 is 30.2. The fraction of sp³-hybridized carbons (Fsp3) is 0.235. The molecule has 0 aromatic heterocycles. The Balaban J connectivity index is 2.21. The number of anilines is 2. The van der Waals surface area contributed by atoms with Crippen molar-refractivity contribution in [2.75, 3.05) is 29.5 Å². The highest BCUT2D eigenvalue weighted by molar-refractivity contribution is 7.92. The largest absolute Gasteiger partial charge is 0.380 e. The molecule has 140 valence electrons. The summed E-state index contributed by atoms with van der Waals surface area (Å²) in [5, 5.41) is 3.22. The molecule has 0 aliphatic heterocycles. The zero-order chi connectivity index (χ0) is 19.3. The van der Waals surface area contributed by atoms with Crippen LogP contribution in [0.1, 0.15) is 5.56 Å². The Hall–Kier alpha value is -1.80. The molecule has 6 nitrogen and oxygen atoms in total. The smallest absolute Gasteiger partial charge is 0.245 e. The molecule has 1 amide bonds. The maximum absolute atomic E-state index is 12.4. The topological polar surface area (TPSA) is 75.7 Å². The number of amides is 1. The number of halogens is 2. The zero-order valence-corrected chi connectivity index (χ0v) is 16.5. The number of sulfonamides is 1. The van der Waals surface area contributed by atoms with Crippen molar-refractivity contribution in [3.05, 3.63) is 58.1 Å². The van der Waals surface area contributed by atoms with E-state index in [9.17, 15) is 13.2 Å². The molecule has 0 atom stereocenters. The molecule has 0 aliphatic rings. The van der Waals surface area contributed by atoms with Crippen LogP contribution in [0.25, 0.3) is 0 Å². The highest BCUT2D eigenvalue weighted by atomic mass is 35.5. The average molecular weight is 417 g/mol. The van der Waals surface area contributed by atoms with Crippen molar-refractivity contribution in [1.29, 1.82) is 0 Å². The molecule has 26 heavy (non-hydrogen) atoms. The molecular formula is C17H18Cl2N2O4S. The summed E-state index contributed by atoms with van der Waals surface area (Å²) >= 11 is 11.9. The van der Waals surface area contributed by atoms with Crippen LogP contribution in [0.15, 0.2) is 42.5 Å². The van der Waals surface area contributed by atoms with Crippen LogP contribution in [0.5, 0.6) is 0 Å². The first-order valence-electron chi connectivity index (χ1n) is 7.50. The monoisotopic (exact) mass is 416 g/mol. The van der Waals surface area contributed by atoms with E-state index in [4.69, 9.17) is 27.9 Å². The van der Waals surface area contributed by atoms with Gasteiger partial charge in [0.05, 0.1) is 18.6 Å². The fourth-order valence-electron chi connectivity index (χ4n) is 2.32. The van der Waals surface area contributed by atoms with Gasteiger partial charge in [0.25, 0.3) is 0 Å². The van der Waals surface area contributed by atoms with Gasteiger partial charge >= 0.3 is 0 Å². The van der Waals surface area contributed by atoms with Crippen LogP contribution in [-0.2, 0) is 26.2 Å². The van der Waals surface area contributed by atoms with Crippen LogP contribution >= 0.6 is 23.2 Å². The summed E-state index contributed by atoms with van der Waals surface area (Å²) in [5.74, 6) is -0.499. The first-order chi connectivity index (χ1) is 12.2. The van der Waals surface area contributed by atoms with Gasteiger partial charge in [0.15, 0.2) is 0 Å². The molecule has 2 rings (SSSR count). The van der Waals surface area contributed by atoms with Crippen molar-refractivity contribution >= 4 is 50.5 Å². The van der Waals surface area contributed by atoms with Crippen LogP contribution in [0.4, 0.5) is 11.4 Å². The minimum absolute atomic E-state index is 0.216. The molecule has 0 unspecified atom stereocenters. The van der Waals surface area contributed by atoms with E-state index in [1.165, 1.54) is 18.2 Å². The van der Waals surface area contributed by atoms with E-state index < -0.39 is 22.5 Å². The Labute approximate surface area is 162 Å². The lowest BCUT2D eigenvalue weighted by Crippen LogP contribution is -2.37. The van der Waals surface area contributed by atoms with E-state index in [1.807, 2.05) is 6.07 Å². The molecule has 2 aromatic carbocycles. The molecular weight excluding hydrogens is 399 g/mol. The molecule has 9 heteroatoms. The van der Waals surface area contributed by atoms with E-state index in [0.29, 0.717) is 12.3 Å². The Morgan fingerprint density at radius 1 is 1.15 bits per heavy atom. The number of methoxy groups -OCH3 is 1. The number of rotatable bonds is 7. The lowest BCUT2D eigenvalue weighted by atomic mass is 10.2. The van der Waals surface area contributed by atoms with Crippen molar-refractivity contribution in [2.24, 2.45) is 0 Å². The third-order valence-corrected chi connectivity index (χ3v) is 4.92. The number of benzene rings is 2. The summed E-state index contributed by atoms with van der Waals surface area (Å²) in [6.45, 7) is -0.00972. The van der Waals surface area contributed by atoms with Gasteiger partial charge in [0.2, 0.25) is 15.9 Å². The van der Waals surface area contributed by atoms with E-state index in [0.717, 1.165) is 16.1 Å². The first-order valence-corrected chi connectivity index (χ1v) is 10.1. The molecule has 0 radical (unpaired) electrons. The van der Waals surface area contributed by atoms with Gasteiger partial charge in [-0.3, -0.25) is 9.10 Å². The number of nitrogens with one attached hydrogen (secondary N) is 1. The lowest BCUT2D eigenvalue weighted by molar-refractivity contribution is -0.114. The second kappa shape index (κ2) is 8.73. The predicted octanol–water partition coefficient (Wildman–Crippen LogP) is 3.54. The van der Waals surface area contributed by atoms with Crippen LogP contribution in [0.2, 0.25) is 10.0 Å². The predicted molar refractivity (Wildman–Crippen MR) is 104 cm³/mol. The van der Waals surface area contributed by atoms with Gasteiger partial charge in [-0.1, -0.05) is 35.3 Å². The third-order valence-electron chi connectivity index (χ3n) is 3.34. The standard InChI is InChI=1S/C17H18Cl2N2O4S/c1-25-11-12-4-3-5-15(6-12)20-17(22)10-21(26(2,23)24)16-8-13(18)7-14(19)9-16/h3-9H,10-11H2,1-2H3,(H,20,22).